The van der Waals surface area contributed by atoms with Gasteiger partial charge in [-0.25, -0.2) is 14.4 Å². The number of esters is 2. The quantitative estimate of drug-likeness (QED) is 0.190. The zero-order valence-electron chi connectivity index (χ0n) is 22.2. The Bertz CT molecular complexity index is 1570. The molecular weight excluding hydrogens is 606 g/mol. The Labute approximate surface area is 243 Å². The minimum Gasteiger partial charge on any atom is -0.478 e. The lowest BCUT2D eigenvalue weighted by Gasteiger charge is -2.24. The molecule has 3 aromatic rings. The van der Waals surface area contributed by atoms with Crippen molar-refractivity contribution in [2.75, 3.05) is 0 Å². The number of hydrazine groups is 1. The molecule has 0 spiro atoms. The summed E-state index contributed by atoms with van der Waals surface area (Å²) in [7, 11) is 0. The average molecular weight is 626 g/mol. The van der Waals surface area contributed by atoms with E-state index >= 15 is 0 Å². The van der Waals surface area contributed by atoms with Crippen molar-refractivity contribution in [1.29, 1.82) is 0 Å². The number of amides is 2. The molecule has 44 heavy (non-hydrogen) atoms. The van der Waals surface area contributed by atoms with Gasteiger partial charge in [0, 0.05) is 5.56 Å². The van der Waals surface area contributed by atoms with Gasteiger partial charge in [0.25, 0.3) is 11.8 Å². The van der Waals surface area contributed by atoms with E-state index in [1.807, 2.05) is 5.43 Å². The number of carbonyl (C=O) groups excluding carboxylic acids is 4. The van der Waals surface area contributed by atoms with Crippen LogP contribution in [-0.4, -0.2) is 47.0 Å². The Morgan fingerprint density at radius 2 is 1.11 bits per heavy atom. The number of carbonyl (C=O) groups is 5. The predicted octanol–water partition coefficient (Wildman–Crippen LogP) is 4.33. The summed E-state index contributed by atoms with van der Waals surface area (Å²) >= 11 is 0. The summed E-state index contributed by atoms with van der Waals surface area (Å²) in [5, 5.41) is 9.72. The van der Waals surface area contributed by atoms with Gasteiger partial charge in [-0.1, -0.05) is 29.8 Å². The molecule has 0 aliphatic rings. The van der Waals surface area contributed by atoms with Crippen LogP contribution in [0.5, 0.6) is 0 Å². The lowest BCUT2D eigenvalue weighted by Crippen LogP contribution is -2.54. The fourth-order valence-electron chi connectivity index (χ4n) is 3.47. The molecule has 0 aliphatic carbocycles. The first-order chi connectivity index (χ1) is 20.5. The Morgan fingerprint density at radius 3 is 1.55 bits per heavy atom. The van der Waals surface area contributed by atoms with Crippen molar-refractivity contribution in [1.82, 2.24) is 10.9 Å². The number of halogens is 6. The predicted molar refractivity (Wildman–Crippen MR) is 136 cm³/mol. The van der Waals surface area contributed by atoms with E-state index in [1.54, 1.807) is 24.5 Å². The molecule has 2 amide bonds. The van der Waals surface area contributed by atoms with E-state index in [9.17, 15) is 55.4 Å². The van der Waals surface area contributed by atoms with Gasteiger partial charge in [0.15, 0.2) is 0 Å². The number of carboxylic acid groups (broad SMARTS) is 1. The highest BCUT2D eigenvalue weighted by molar-refractivity contribution is 5.99. The number of aryl methyl sites for hydroxylation is 1. The maximum absolute atomic E-state index is 13.1. The molecule has 3 N–H and O–H groups in total. The van der Waals surface area contributed by atoms with Crippen molar-refractivity contribution < 1.29 is 64.9 Å². The molecule has 3 rings (SSSR count). The number of rotatable bonds is 8. The third kappa shape index (κ3) is 8.56. The molecule has 232 valence electrons. The van der Waals surface area contributed by atoms with Gasteiger partial charge in [-0.2, -0.15) is 26.3 Å². The summed E-state index contributed by atoms with van der Waals surface area (Å²) in [5.74, 6) is -8.08. The second-order valence-corrected chi connectivity index (χ2v) is 8.96. The lowest BCUT2D eigenvalue weighted by molar-refractivity contribution is -0.159. The molecule has 0 heterocycles. The van der Waals surface area contributed by atoms with E-state index in [2.05, 4.69) is 0 Å². The van der Waals surface area contributed by atoms with Crippen LogP contribution >= 0.6 is 0 Å². The Morgan fingerprint density at radius 1 is 0.659 bits per heavy atom. The maximum atomic E-state index is 13.1. The van der Waals surface area contributed by atoms with E-state index in [-0.39, 0.29) is 5.56 Å². The monoisotopic (exact) mass is 626 g/mol. The van der Waals surface area contributed by atoms with Crippen LogP contribution in [0.4, 0.5) is 26.3 Å². The summed E-state index contributed by atoms with van der Waals surface area (Å²) in [6, 6.07) is 11.0. The Kier molecular flexibility index (Phi) is 9.98. The third-order valence-corrected chi connectivity index (χ3v) is 5.71. The lowest BCUT2D eigenvalue weighted by atomic mass is 10.1. The van der Waals surface area contributed by atoms with E-state index in [1.165, 1.54) is 12.1 Å². The zero-order valence-corrected chi connectivity index (χ0v) is 22.2. The van der Waals surface area contributed by atoms with Gasteiger partial charge in [-0.05, 0) is 55.5 Å². The highest BCUT2D eigenvalue weighted by atomic mass is 19.4. The number of carboxylic acids is 1. The number of hydrogen-bond acceptors (Lipinski definition) is 7. The third-order valence-electron chi connectivity index (χ3n) is 5.71. The number of alkyl halides is 6. The molecule has 2 atom stereocenters. The van der Waals surface area contributed by atoms with Crippen molar-refractivity contribution in [2.45, 2.75) is 31.5 Å². The first-order valence-corrected chi connectivity index (χ1v) is 12.1. The first kappa shape index (κ1) is 33.1. The molecule has 3 aromatic carbocycles. The van der Waals surface area contributed by atoms with Gasteiger partial charge in [-0.15, -0.1) is 0 Å². The fraction of sp³-hybridized carbons (Fsp3) is 0.179. The Balaban J connectivity index is 1.92. The minimum absolute atomic E-state index is 0.0131. The summed E-state index contributed by atoms with van der Waals surface area (Å²) in [5.41, 5.74) is 0.258. The van der Waals surface area contributed by atoms with Crippen molar-refractivity contribution in [3.05, 3.63) is 106 Å². The van der Waals surface area contributed by atoms with E-state index in [0.717, 1.165) is 29.8 Å². The smallest absolute Gasteiger partial charge is 0.416 e. The normalized spacial score (nSPS) is 12.8. The molecule has 16 heteroatoms. The number of benzene rings is 3. The van der Waals surface area contributed by atoms with Gasteiger partial charge in [0.05, 0.1) is 22.3 Å². The molecule has 0 radical (unpaired) electrons. The van der Waals surface area contributed by atoms with Crippen molar-refractivity contribution in [3.8, 4) is 0 Å². The summed E-state index contributed by atoms with van der Waals surface area (Å²) < 4.78 is 88.3. The van der Waals surface area contributed by atoms with Crippen LogP contribution in [0.1, 0.15) is 47.8 Å². The number of aliphatic carboxylic acids is 1. The number of nitrogens with one attached hydrogen (secondary N) is 2. The van der Waals surface area contributed by atoms with Gasteiger partial charge in [0.2, 0.25) is 12.2 Å². The van der Waals surface area contributed by atoms with Gasteiger partial charge >= 0.3 is 30.3 Å². The van der Waals surface area contributed by atoms with Crippen molar-refractivity contribution in [2.24, 2.45) is 0 Å². The van der Waals surface area contributed by atoms with Crippen molar-refractivity contribution in [3.63, 3.8) is 0 Å². The maximum Gasteiger partial charge on any atom is 0.416 e. The second-order valence-electron chi connectivity index (χ2n) is 8.96. The molecule has 0 unspecified atom stereocenters. The fourth-order valence-corrected chi connectivity index (χ4v) is 3.47. The molecule has 0 fully saturated rings. The Hall–Kier alpha value is -5.41. The molecule has 0 bridgehead atoms. The van der Waals surface area contributed by atoms with E-state index in [4.69, 9.17) is 9.47 Å². The summed E-state index contributed by atoms with van der Waals surface area (Å²) in [4.78, 5) is 62.8. The van der Waals surface area contributed by atoms with Gasteiger partial charge in [0.1, 0.15) is 0 Å². The number of hydrogen-bond donors (Lipinski definition) is 3. The van der Waals surface area contributed by atoms with Crippen LogP contribution in [0.2, 0.25) is 0 Å². The van der Waals surface area contributed by atoms with Crippen LogP contribution < -0.4 is 10.9 Å². The molecule has 10 nitrogen and oxygen atoms in total. The van der Waals surface area contributed by atoms with Gasteiger partial charge in [-0.3, -0.25) is 20.4 Å². The molecule has 0 saturated carbocycles. The standard InChI is InChI=1S/C28H20F6N2O8/c1-14-8-10-15(11-9-14)22(37)35-36-23(38)20(43-25(41)16-4-2-6-18(12-16)27(29,30)31)21(24(39)40)44-26(42)17-5-3-7-19(13-17)28(32,33)34/h2-13,20-21H,1H3,(H,35,37)(H,36,38)(H,39,40)/t20-,21-/m1/s1. The summed E-state index contributed by atoms with van der Waals surface area (Å²) in [6.45, 7) is 1.72. The SMILES string of the molecule is Cc1ccc(C(=O)NNC(=O)[C@H](OC(=O)c2cccc(C(F)(F)F)c2)[C@@H](OC(=O)c2cccc(C(F)(F)F)c2)C(=O)O)cc1. The van der Waals surface area contributed by atoms with E-state index in [0.29, 0.717) is 24.3 Å². The zero-order chi connectivity index (χ0) is 32.8. The van der Waals surface area contributed by atoms with Crippen molar-refractivity contribution >= 4 is 29.7 Å². The summed E-state index contributed by atoms with van der Waals surface area (Å²) in [6.07, 6.45) is -15.2. The molecule has 0 aliphatic heterocycles. The number of ether oxygens (including phenoxy) is 2. The molecular formula is C28H20F6N2O8. The first-order valence-electron chi connectivity index (χ1n) is 12.1. The van der Waals surface area contributed by atoms with E-state index < -0.39 is 76.5 Å². The topological polar surface area (TPSA) is 148 Å². The van der Waals surface area contributed by atoms with Crippen LogP contribution in [-0.2, 0) is 31.4 Å². The average Bonchev–Trinajstić information content (AvgIpc) is 2.96. The second kappa shape index (κ2) is 13.3. The molecule has 0 saturated heterocycles. The minimum atomic E-state index is -4.91. The van der Waals surface area contributed by atoms with Crippen LogP contribution in [0.25, 0.3) is 0 Å². The molecule has 0 aromatic heterocycles. The van der Waals surface area contributed by atoms with Gasteiger partial charge < -0.3 is 14.6 Å². The van der Waals surface area contributed by atoms with Crippen LogP contribution in [0.3, 0.4) is 0 Å². The van der Waals surface area contributed by atoms with Crippen LogP contribution in [0, 0.1) is 6.92 Å². The largest absolute Gasteiger partial charge is 0.478 e. The highest BCUT2D eigenvalue weighted by Crippen LogP contribution is 2.31. The highest BCUT2D eigenvalue weighted by Gasteiger charge is 2.42. The van der Waals surface area contributed by atoms with Crippen LogP contribution in [0.15, 0.2) is 72.8 Å².